The van der Waals surface area contributed by atoms with Crippen molar-refractivity contribution >= 4 is 44.9 Å². The van der Waals surface area contributed by atoms with E-state index in [-0.39, 0.29) is 5.91 Å². The molecule has 0 saturated heterocycles. The molecule has 0 aliphatic carbocycles. The average molecular weight is 362 g/mol. The van der Waals surface area contributed by atoms with Crippen molar-refractivity contribution in [2.45, 2.75) is 6.54 Å². The Morgan fingerprint density at radius 2 is 2.29 bits per heavy atom. The van der Waals surface area contributed by atoms with Gasteiger partial charge in [-0.2, -0.15) is 11.3 Å². The first kappa shape index (κ1) is 14.0. The lowest BCUT2D eigenvalue weighted by Gasteiger charge is -1.97. The van der Waals surface area contributed by atoms with Gasteiger partial charge in [-0.15, -0.1) is 0 Å². The van der Waals surface area contributed by atoms with Crippen LogP contribution < -0.4 is 5.32 Å². The molecular weight excluding hydrogens is 350 g/mol. The lowest BCUT2D eigenvalue weighted by atomic mass is 10.3. The SMILES string of the molecule is O=C(/C=C/c1ccsc1)NCc1cn2cc(Br)ccc2n1. The van der Waals surface area contributed by atoms with Gasteiger partial charge in [0, 0.05) is 22.9 Å². The third-order valence-electron chi connectivity index (χ3n) is 2.88. The minimum Gasteiger partial charge on any atom is -0.347 e. The molecule has 0 aliphatic rings. The number of amides is 1. The maximum absolute atomic E-state index is 11.7. The molecule has 0 radical (unpaired) electrons. The first-order valence-corrected chi connectivity index (χ1v) is 8.05. The van der Waals surface area contributed by atoms with Crippen LogP contribution >= 0.6 is 27.3 Å². The van der Waals surface area contributed by atoms with Gasteiger partial charge in [0.15, 0.2) is 0 Å². The molecular formula is C15H12BrN3OS. The molecule has 0 spiro atoms. The second kappa shape index (κ2) is 6.24. The van der Waals surface area contributed by atoms with Gasteiger partial charge in [0.1, 0.15) is 5.65 Å². The largest absolute Gasteiger partial charge is 0.347 e. The molecule has 0 fully saturated rings. The zero-order valence-corrected chi connectivity index (χ0v) is 13.4. The van der Waals surface area contributed by atoms with E-state index < -0.39 is 0 Å². The summed E-state index contributed by atoms with van der Waals surface area (Å²) in [6.07, 6.45) is 7.17. The van der Waals surface area contributed by atoms with Crippen LogP contribution in [0.5, 0.6) is 0 Å². The molecule has 0 saturated carbocycles. The van der Waals surface area contributed by atoms with E-state index in [9.17, 15) is 4.79 Å². The van der Waals surface area contributed by atoms with Crippen molar-refractivity contribution in [3.05, 3.63) is 63.2 Å². The Bertz CT molecular complexity index is 792. The molecule has 3 rings (SSSR count). The fourth-order valence-corrected chi connectivity index (χ4v) is 2.86. The van der Waals surface area contributed by atoms with Crippen molar-refractivity contribution in [1.82, 2.24) is 14.7 Å². The first-order valence-electron chi connectivity index (χ1n) is 6.32. The number of carbonyl (C=O) groups is 1. The Kier molecular flexibility index (Phi) is 4.17. The molecule has 0 aromatic carbocycles. The standard InChI is InChI=1S/C15H12BrN3OS/c16-12-2-3-14-18-13(9-19(14)8-12)7-17-15(20)4-1-11-5-6-21-10-11/h1-6,8-10H,7H2,(H,17,20)/b4-1+. The number of pyridine rings is 1. The van der Waals surface area contributed by atoms with Gasteiger partial charge in [-0.25, -0.2) is 4.98 Å². The number of imidazole rings is 1. The van der Waals surface area contributed by atoms with E-state index in [2.05, 4.69) is 26.2 Å². The van der Waals surface area contributed by atoms with Crippen molar-refractivity contribution in [2.24, 2.45) is 0 Å². The topological polar surface area (TPSA) is 46.4 Å². The number of aromatic nitrogens is 2. The minimum atomic E-state index is -0.126. The van der Waals surface area contributed by atoms with Gasteiger partial charge in [-0.1, -0.05) is 0 Å². The number of nitrogens with zero attached hydrogens (tertiary/aromatic N) is 2. The maximum atomic E-state index is 11.7. The average Bonchev–Trinajstić information content (AvgIpc) is 3.11. The number of fused-ring (bicyclic) bond motifs is 1. The van der Waals surface area contributed by atoms with Crippen LogP contribution in [-0.4, -0.2) is 15.3 Å². The molecule has 106 valence electrons. The van der Waals surface area contributed by atoms with E-state index in [1.807, 2.05) is 45.8 Å². The van der Waals surface area contributed by atoms with Crippen LogP contribution in [0, 0.1) is 0 Å². The highest BCUT2D eigenvalue weighted by atomic mass is 79.9. The summed E-state index contributed by atoms with van der Waals surface area (Å²) < 4.78 is 2.91. The van der Waals surface area contributed by atoms with Gasteiger partial charge in [-0.3, -0.25) is 4.79 Å². The molecule has 6 heteroatoms. The Hall–Kier alpha value is -1.92. The molecule has 0 atom stereocenters. The number of hydrogen-bond acceptors (Lipinski definition) is 3. The Labute approximate surface area is 134 Å². The summed E-state index contributed by atoms with van der Waals surface area (Å²) in [6.45, 7) is 0.409. The number of halogens is 1. The molecule has 3 aromatic heterocycles. The van der Waals surface area contributed by atoms with E-state index in [0.717, 1.165) is 21.4 Å². The summed E-state index contributed by atoms with van der Waals surface area (Å²) in [5.41, 5.74) is 2.72. The minimum absolute atomic E-state index is 0.126. The van der Waals surface area contributed by atoms with Crippen molar-refractivity contribution in [2.75, 3.05) is 0 Å². The predicted octanol–water partition coefficient (Wildman–Crippen LogP) is 3.49. The number of rotatable bonds is 4. The summed E-state index contributed by atoms with van der Waals surface area (Å²) in [4.78, 5) is 16.2. The second-order valence-corrected chi connectivity index (χ2v) is 6.15. The van der Waals surface area contributed by atoms with Crippen molar-refractivity contribution in [3.63, 3.8) is 0 Å². The van der Waals surface area contributed by atoms with Crippen molar-refractivity contribution in [3.8, 4) is 0 Å². The zero-order valence-electron chi connectivity index (χ0n) is 11.0. The molecule has 3 aromatic rings. The third kappa shape index (κ3) is 3.59. The fourth-order valence-electron chi connectivity index (χ4n) is 1.88. The predicted molar refractivity (Wildman–Crippen MR) is 88.1 cm³/mol. The second-order valence-electron chi connectivity index (χ2n) is 4.45. The number of hydrogen-bond donors (Lipinski definition) is 1. The first-order chi connectivity index (χ1) is 10.2. The molecule has 0 bridgehead atoms. The Morgan fingerprint density at radius 3 is 3.10 bits per heavy atom. The van der Waals surface area contributed by atoms with Crippen LogP contribution in [-0.2, 0) is 11.3 Å². The van der Waals surface area contributed by atoms with Gasteiger partial charge in [0.2, 0.25) is 5.91 Å². The summed E-state index contributed by atoms with van der Waals surface area (Å²) in [5.74, 6) is -0.126. The van der Waals surface area contributed by atoms with Crippen LogP contribution in [0.4, 0.5) is 0 Å². The Morgan fingerprint density at radius 1 is 1.38 bits per heavy atom. The molecule has 21 heavy (non-hydrogen) atoms. The number of nitrogens with one attached hydrogen (secondary N) is 1. The zero-order chi connectivity index (χ0) is 14.7. The van der Waals surface area contributed by atoms with Gasteiger partial charge >= 0.3 is 0 Å². The van der Waals surface area contributed by atoms with Crippen LogP contribution in [0.3, 0.4) is 0 Å². The summed E-state index contributed by atoms with van der Waals surface area (Å²) >= 11 is 5.02. The molecule has 0 unspecified atom stereocenters. The monoisotopic (exact) mass is 361 g/mol. The highest BCUT2D eigenvalue weighted by molar-refractivity contribution is 9.10. The van der Waals surface area contributed by atoms with Crippen LogP contribution in [0.1, 0.15) is 11.3 Å². The lowest BCUT2D eigenvalue weighted by Crippen LogP contribution is -2.20. The van der Waals surface area contributed by atoms with Crippen molar-refractivity contribution < 1.29 is 4.79 Å². The quantitative estimate of drug-likeness (QED) is 0.723. The van der Waals surface area contributed by atoms with E-state index in [0.29, 0.717) is 6.54 Å². The van der Waals surface area contributed by atoms with E-state index in [1.165, 1.54) is 6.08 Å². The number of carbonyl (C=O) groups excluding carboxylic acids is 1. The summed E-state index contributed by atoms with van der Waals surface area (Å²) in [5, 5.41) is 6.80. The normalized spacial score (nSPS) is 11.3. The summed E-state index contributed by atoms with van der Waals surface area (Å²) in [6, 6.07) is 5.83. The maximum Gasteiger partial charge on any atom is 0.244 e. The molecule has 3 heterocycles. The highest BCUT2D eigenvalue weighted by Gasteiger charge is 2.03. The molecule has 1 amide bonds. The van der Waals surface area contributed by atoms with Gasteiger partial charge in [0.25, 0.3) is 0 Å². The highest BCUT2D eigenvalue weighted by Crippen LogP contribution is 2.12. The van der Waals surface area contributed by atoms with Gasteiger partial charge in [0.05, 0.1) is 12.2 Å². The van der Waals surface area contributed by atoms with Crippen LogP contribution in [0.25, 0.3) is 11.7 Å². The molecule has 4 nitrogen and oxygen atoms in total. The van der Waals surface area contributed by atoms with E-state index >= 15 is 0 Å². The van der Waals surface area contributed by atoms with Crippen LogP contribution in [0.2, 0.25) is 0 Å². The fraction of sp³-hybridized carbons (Fsp3) is 0.0667. The molecule has 1 N–H and O–H groups in total. The Balaban J connectivity index is 1.62. The number of thiophene rings is 1. The lowest BCUT2D eigenvalue weighted by molar-refractivity contribution is -0.116. The van der Waals surface area contributed by atoms with E-state index in [1.54, 1.807) is 17.4 Å². The smallest absolute Gasteiger partial charge is 0.244 e. The summed E-state index contributed by atoms with van der Waals surface area (Å²) in [7, 11) is 0. The van der Waals surface area contributed by atoms with Gasteiger partial charge in [-0.05, 0) is 56.5 Å². The van der Waals surface area contributed by atoms with Gasteiger partial charge < -0.3 is 9.72 Å². The van der Waals surface area contributed by atoms with E-state index in [4.69, 9.17) is 0 Å². The third-order valence-corrected chi connectivity index (χ3v) is 4.05. The van der Waals surface area contributed by atoms with Crippen LogP contribution in [0.15, 0.2) is 51.9 Å². The molecule has 0 aliphatic heterocycles. The van der Waals surface area contributed by atoms with Crippen molar-refractivity contribution in [1.29, 1.82) is 0 Å².